The van der Waals surface area contributed by atoms with Crippen LogP contribution in [-0.4, -0.2) is 8.42 Å². The average Bonchev–Trinajstić information content (AvgIpc) is 2.38. The molecule has 0 unspecified atom stereocenters. The van der Waals surface area contributed by atoms with Crippen molar-refractivity contribution in [2.75, 3.05) is 0 Å². The predicted octanol–water partition coefficient (Wildman–Crippen LogP) is 3.34. The van der Waals surface area contributed by atoms with E-state index in [1.165, 1.54) is 0 Å². The standard InChI is InChI=1S/C16H19NO2S/c1-12-7-9-16(10-8-12)20(18,19)17-14(3)15-6-4-5-13(2)11-15/h4-11,14,17H,1-3H3/t14-/m1/s1. The fourth-order valence-corrected chi connectivity index (χ4v) is 3.26. The molecule has 0 fully saturated rings. The lowest BCUT2D eigenvalue weighted by atomic mass is 10.1. The summed E-state index contributed by atoms with van der Waals surface area (Å²) in [6.45, 7) is 5.77. The summed E-state index contributed by atoms with van der Waals surface area (Å²) < 4.78 is 27.3. The lowest BCUT2D eigenvalue weighted by Gasteiger charge is -2.15. The van der Waals surface area contributed by atoms with Crippen molar-refractivity contribution in [3.63, 3.8) is 0 Å². The summed E-state index contributed by atoms with van der Waals surface area (Å²) in [6, 6.07) is 14.4. The van der Waals surface area contributed by atoms with Crippen molar-refractivity contribution in [3.05, 3.63) is 65.2 Å². The highest BCUT2D eigenvalue weighted by Crippen LogP contribution is 2.18. The molecule has 3 nitrogen and oxygen atoms in total. The van der Waals surface area contributed by atoms with Crippen LogP contribution in [0.25, 0.3) is 0 Å². The Morgan fingerprint density at radius 1 is 0.950 bits per heavy atom. The Labute approximate surface area is 120 Å². The molecule has 2 rings (SSSR count). The summed E-state index contributed by atoms with van der Waals surface area (Å²) in [4.78, 5) is 0.294. The number of hydrogen-bond acceptors (Lipinski definition) is 2. The van der Waals surface area contributed by atoms with E-state index in [0.29, 0.717) is 4.90 Å². The number of hydrogen-bond donors (Lipinski definition) is 1. The van der Waals surface area contributed by atoms with Crippen LogP contribution in [0.15, 0.2) is 53.4 Å². The normalized spacial score (nSPS) is 13.2. The van der Waals surface area contributed by atoms with E-state index < -0.39 is 10.0 Å². The van der Waals surface area contributed by atoms with Crippen LogP contribution in [0.4, 0.5) is 0 Å². The Balaban J connectivity index is 2.22. The highest BCUT2D eigenvalue weighted by molar-refractivity contribution is 7.89. The highest BCUT2D eigenvalue weighted by atomic mass is 32.2. The van der Waals surface area contributed by atoms with Crippen molar-refractivity contribution in [1.82, 2.24) is 4.72 Å². The quantitative estimate of drug-likeness (QED) is 0.938. The number of benzene rings is 2. The van der Waals surface area contributed by atoms with E-state index in [9.17, 15) is 8.42 Å². The van der Waals surface area contributed by atoms with Crippen LogP contribution in [-0.2, 0) is 10.0 Å². The maximum atomic E-state index is 12.3. The van der Waals surface area contributed by atoms with Crippen LogP contribution in [0.2, 0.25) is 0 Å². The summed E-state index contributed by atoms with van der Waals surface area (Å²) in [6.07, 6.45) is 0. The largest absolute Gasteiger partial charge is 0.241 e. The minimum atomic E-state index is -3.49. The van der Waals surface area contributed by atoms with E-state index in [4.69, 9.17) is 0 Å². The smallest absolute Gasteiger partial charge is 0.207 e. The molecule has 0 saturated carbocycles. The van der Waals surface area contributed by atoms with Crippen molar-refractivity contribution in [2.45, 2.75) is 31.7 Å². The molecule has 0 aliphatic heterocycles. The SMILES string of the molecule is Cc1ccc(S(=O)(=O)N[C@H](C)c2cccc(C)c2)cc1. The zero-order valence-electron chi connectivity index (χ0n) is 11.9. The molecule has 0 heterocycles. The summed E-state index contributed by atoms with van der Waals surface area (Å²) in [7, 11) is -3.49. The van der Waals surface area contributed by atoms with Gasteiger partial charge in [-0.2, -0.15) is 0 Å². The molecule has 0 amide bonds. The molecule has 0 spiro atoms. The minimum absolute atomic E-state index is 0.263. The summed E-state index contributed by atoms with van der Waals surface area (Å²) in [5.74, 6) is 0. The molecule has 2 aromatic carbocycles. The van der Waals surface area contributed by atoms with E-state index >= 15 is 0 Å². The van der Waals surface area contributed by atoms with Crippen molar-refractivity contribution < 1.29 is 8.42 Å². The fourth-order valence-electron chi connectivity index (χ4n) is 2.03. The Morgan fingerprint density at radius 2 is 1.60 bits per heavy atom. The molecule has 1 atom stereocenters. The van der Waals surface area contributed by atoms with E-state index in [1.54, 1.807) is 24.3 Å². The number of aryl methyl sites for hydroxylation is 2. The van der Waals surface area contributed by atoms with Crippen LogP contribution >= 0.6 is 0 Å². The Morgan fingerprint density at radius 3 is 2.20 bits per heavy atom. The van der Waals surface area contributed by atoms with Gasteiger partial charge in [0.2, 0.25) is 10.0 Å². The molecule has 0 saturated heterocycles. The van der Waals surface area contributed by atoms with Crippen LogP contribution < -0.4 is 4.72 Å². The molecule has 0 aromatic heterocycles. The third-order valence-corrected chi connectivity index (χ3v) is 4.76. The molecule has 20 heavy (non-hydrogen) atoms. The maximum Gasteiger partial charge on any atom is 0.241 e. The van der Waals surface area contributed by atoms with Crippen LogP contribution in [0.3, 0.4) is 0 Å². The second-order valence-corrected chi connectivity index (χ2v) is 6.78. The Bertz CT molecular complexity index is 691. The van der Waals surface area contributed by atoms with Gasteiger partial charge in [-0.3, -0.25) is 0 Å². The van der Waals surface area contributed by atoms with Crippen molar-refractivity contribution in [1.29, 1.82) is 0 Å². The lowest BCUT2D eigenvalue weighted by Crippen LogP contribution is -2.26. The van der Waals surface area contributed by atoms with Gasteiger partial charge in [-0.25, -0.2) is 13.1 Å². The van der Waals surface area contributed by atoms with Gasteiger partial charge in [0.1, 0.15) is 0 Å². The number of rotatable bonds is 4. The van der Waals surface area contributed by atoms with Gasteiger partial charge in [0.25, 0.3) is 0 Å². The van der Waals surface area contributed by atoms with Gasteiger partial charge in [-0.05, 0) is 38.5 Å². The van der Waals surface area contributed by atoms with Gasteiger partial charge >= 0.3 is 0 Å². The van der Waals surface area contributed by atoms with Gasteiger partial charge in [0.15, 0.2) is 0 Å². The van der Waals surface area contributed by atoms with Gasteiger partial charge in [-0.1, -0.05) is 47.5 Å². The zero-order chi connectivity index (χ0) is 14.8. The zero-order valence-corrected chi connectivity index (χ0v) is 12.7. The van der Waals surface area contributed by atoms with E-state index in [1.807, 2.05) is 45.0 Å². The fraction of sp³-hybridized carbons (Fsp3) is 0.250. The van der Waals surface area contributed by atoms with Gasteiger partial charge in [-0.15, -0.1) is 0 Å². The summed E-state index contributed by atoms with van der Waals surface area (Å²) in [5.41, 5.74) is 3.11. The van der Waals surface area contributed by atoms with Crippen LogP contribution in [0.1, 0.15) is 29.7 Å². The monoisotopic (exact) mass is 289 g/mol. The van der Waals surface area contributed by atoms with Gasteiger partial charge in [0.05, 0.1) is 4.90 Å². The molecular weight excluding hydrogens is 270 g/mol. The highest BCUT2D eigenvalue weighted by Gasteiger charge is 2.18. The molecule has 0 aliphatic rings. The molecule has 2 aromatic rings. The van der Waals surface area contributed by atoms with E-state index in [0.717, 1.165) is 16.7 Å². The predicted molar refractivity (Wildman–Crippen MR) is 81.1 cm³/mol. The lowest BCUT2D eigenvalue weighted by molar-refractivity contribution is 0.567. The molecule has 0 radical (unpaired) electrons. The topological polar surface area (TPSA) is 46.2 Å². The second kappa shape index (κ2) is 5.77. The van der Waals surface area contributed by atoms with Crippen molar-refractivity contribution >= 4 is 10.0 Å². The molecular formula is C16H19NO2S. The summed E-state index contributed by atoms with van der Waals surface area (Å²) in [5, 5.41) is 0. The molecule has 4 heteroatoms. The van der Waals surface area contributed by atoms with Gasteiger partial charge < -0.3 is 0 Å². The first kappa shape index (κ1) is 14.8. The molecule has 0 bridgehead atoms. The summed E-state index contributed by atoms with van der Waals surface area (Å²) >= 11 is 0. The van der Waals surface area contributed by atoms with E-state index in [-0.39, 0.29) is 6.04 Å². The van der Waals surface area contributed by atoms with Gasteiger partial charge in [0, 0.05) is 6.04 Å². The maximum absolute atomic E-state index is 12.3. The first-order chi connectivity index (χ1) is 9.38. The molecule has 1 N–H and O–H groups in total. The number of nitrogens with one attached hydrogen (secondary N) is 1. The second-order valence-electron chi connectivity index (χ2n) is 5.07. The van der Waals surface area contributed by atoms with E-state index in [2.05, 4.69) is 4.72 Å². The Hall–Kier alpha value is -1.65. The minimum Gasteiger partial charge on any atom is -0.207 e. The first-order valence-corrected chi connectivity index (χ1v) is 8.02. The third kappa shape index (κ3) is 3.46. The number of sulfonamides is 1. The van der Waals surface area contributed by atoms with Crippen molar-refractivity contribution in [2.24, 2.45) is 0 Å². The Kier molecular flexibility index (Phi) is 4.26. The third-order valence-electron chi connectivity index (χ3n) is 3.21. The van der Waals surface area contributed by atoms with Crippen LogP contribution in [0.5, 0.6) is 0 Å². The first-order valence-electron chi connectivity index (χ1n) is 6.54. The molecule has 0 aliphatic carbocycles. The van der Waals surface area contributed by atoms with Crippen molar-refractivity contribution in [3.8, 4) is 0 Å². The van der Waals surface area contributed by atoms with Crippen LogP contribution in [0, 0.1) is 13.8 Å². The molecule has 106 valence electrons. The average molecular weight is 289 g/mol.